The molecule has 1 N–H and O–H groups in total. The van der Waals surface area contributed by atoms with E-state index in [1.807, 2.05) is 12.1 Å². The van der Waals surface area contributed by atoms with Gasteiger partial charge in [-0.05, 0) is 26.0 Å². The molecule has 5 heteroatoms. The average molecular weight is 343 g/mol. The number of aryl methyl sites for hydroxylation is 1. The summed E-state index contributed by atoms with van der Waals surface area (Å²) in [5.41, 5.74) is 1.99. The number of hydrogen-bond acceptors (Lipinski definition) is 3. The van der Waals surface area contributed by atoms with E-state index >= 15 is 0 Å². The number of thiazole rings is 1. The summed E-state index contributed by atoms with van der Waals surface area (Å²) < 4.78 is 0. The van der Waals surface area contributed by atoms with Crippen LogP contribution in [-0.4, -0.2) is 4.98 Å². The maximum Gasteiger partial charge on any atom is 0.0985 e. The molecule has 0 spiro atoms. The van der Waals surface area contributed by atoms with Crippen LogP contribution < -0.4 is 5.32 Å². The molecule has 21 heavy (non-hydrogen) atoms. The molecule has 2 nitrogen and oxygen atoms in total. The summed E-state index contributed by atoms with van der Waals surface area (Å²) in [5, 5.41) is 5.70. The fourth-order valence-electron chi connectivity index (χ4n) is 2.04. The summed E-state index contributed by atoms with van der Waals surface area (Å²) in [6.45, 7) is 10.7. The molecular formula is C16H20Cl2N2S. The molecule has 0 amide bonds. The summed E-state index contributed by atoms with van der Waals surface area (Å²) in [6, 6.07) is 5.75. The monoisotopic (exact) mass is 342 g/mol. The molecule has 1 aromatic carbocycles. The lowest BCUT2D eigenvalue weighted by Crippen LogP contribution is -2.10. The Balaban J connectivity index is 2.27. The van der Waals surface area contributed by atoms with Gasteiger partial charge in [0, 0.05) is 10.3 Å². The molecule has 2 rings (SSSR count). The summed E-state index contributed by atoms with van der Waals surface area (Å²) in [7, 11) is 0. The highest BCUT2D eigenvalue weighted by Gasteiger charge is 2.22. The van der Waals surface area contributed by atoms with Gasteiger partial charge >= 0.3 is 0 Å². The normalized spacial score (nSPS) is 13.3. The Labute approximate surface area is 140 Å². The predicted octanol–water partition coefficient (Wildman–Crippen LogP) is 6.23. The number of hydrogen-bond donors (Lipinski definition) is 1. The van der Waals surface area contributed by atoms with Gasteiger partial charge in [-0.2, -0.15) is 0 Å². The zero-order valence-corrected chi connectivity index (χ0v) is 15.2. The summed E-state index contributed by atoms with van der Waals surface area (Å²) in [6.07, 6.45) is 0. The highest BCUT2D eigenvalue weighted by Crippen LogP contribution is 2.36. The topological polar surface area (TPSA) is 24.9 Å². The van der Waals surface area contributed by atoms with E-state index in [2.05, 4.69) is 39.9 Å². The van der Waals surface area contributed by atoms with Crippen LogP contribution in [-0.2, 0) is 5.41 Å². The van der Waals surface area contributed by atoms with Crippen LogP contribution >= 0.6 is 34.5 Å². The van der Waals surface area contributed by atoms with Gasteiger partial charge in [-0.15, -0.1) is 11.3 Å². The molecule has 1 heterocycles. The van der Waals surface area contributed by atoms with E-state index in [-0.39, 0.29) is 11.5 Å². The molecule has 1 atom stereocenters. The Kier molecular flexibility index (Phi) is 4.86. The Bertz CT molecular complexity index is 644. The standard InChI is InChI=1S/C16H20Cl2N2S/c1-9(19-12-8-6-7-11(17)13(12)18)14-10(2)20-15(21-14)16(3,4)5/h6-9,19H,1-5H3. The highest BCUT2D eigenvalue weighted by molar-refractivity contribution is 7.12. The molecule has 0 saturated heterocycles. The van der Waals surface area contributed by atoms with E-state index in [1.165, 1.54) is 4.88 Å². The van der Waals surface area contributed by atoms with E-state index in [4.69, 9.17) is 28.2 Å². The summed E-state index contributed by atoms with van der Waals surface area (Å²) >= 11 is 14.0. The van der Waals surface area contributed by atoms with Gasteiger partial charge in [0.05, 0.1) is 32.5 Å². The first-order valence-corrected chi connectivity index (χ1v) is 8.45. The number of nitrogens with one attached hydrogen (secondary N) is 1. The second-order valence-electron chi connectivity index (χ2n) is 6.19. The number of halogens is 2. The zero-order chi connectivity index (χ0) is 15.8. The van der Waals surface area contributed by atoms with Gasteiger partial charge in [0.1, 0.15) is 0 Å². The third-order valence-electron chi connectivity index (χ3n) is 3.19. The van der Waals surface area contributed by atoms with Gasteiger partial charge in [0.15, 0.2) is 0 Å². The van der Waals surface area contributed by atoms with E-state index < -0.39 is 0 Å². The maximum atomic E-state index is 6.24. The first-order valence-electron chi connectivity index (χ1n) is 6.88. The third kappa shape index (κ3) is 3.71. The van der Waals surface area contributed by atoms with Crippen molar-refractivity contribution in [1.29, 1.82) is 0 Å². The van der Waals surface area contributed by atoms with Gasteiger partial charge < -0.3 is 5.32 Å². The highest BCUT2D eigenvalue weighted by atomic mass is 35.5. The van der Waals surface area contributed by atoms with Crippen molar-refractivity contribution in [3.05, 3.63) is 43.8 Å². The molecule has 114 valence electrons. The van der Waals surface area contributed by atoms with E-state index in [9.17, 15) is 0 Å². The van der Waals surface area contributed by atoms with Crippen LogP contribution in [0.25, 0.3) is 0 Å². The van der Waals surface area contributed by atoms with Gasteiger partial charge in [0.25, 0.3) is 0 Å². The number of benzene rings is 1. The molecule has 2 aromatic rings. The van der Waals surface area contributed by atoms with Gasteiger partial charge in [0.2, 0.25) is 0 Å². The number of anilines is 1. The lowest BCUT2D eigenvalue weighted by molar-refractivity contribution is 0.584. The van der Waals surface area contributed by atoms with Crippen LogP contribution in [0.2, 0.25) is 10.0 Å². The molecule has 0 aliphatic rings. The molecule has 0 radical (unpaired) electrons. The summed E-state index contributed by atoms with van der Waals surface area (Å²) in [5.74, 6) is 0. The second-order valence-corrected chi connectivity index (χ2v) is 8.00. The van der Waals surface area contributed by atoms with Crippen molar-refractivity contribution in [2.75, 3.05) is 5.32 Å². The van der Waals surface area contributed by atoms with Crippen molar-refractivity contribution in [2.45, 2.75) is 46.1 Å². The molecule has 1 unspecified atom stereocenters. The third-order valence-corrected chi connectivity index (χ3v) is 5.78. The fraction of sp³-hybridized carbons (Fsp3) is 0.438. The van der Waals surface area contributed by atoms with Crippen LogP contribution in [0.3, 0.4) is 0 Å². The molecule has 0 saturated carbocycles. The molecule has 0 aliphatic carbocycles. The van der Waals surface area contributed by atoms with Crippen LogP contribution in [0.5, 0.6) is 0 Å². The minimum atomic E-state index is 0.0705. The minimum Gasteiger partial charge on any atom is -0.376 e. The van der Waals surface area contributed by atoms with E-state index in [0.717, 1.165) is 16.4 Å². The number of nitrogens with zero attached hydrogens (tertiary/aromatic N) is 1. The number of rotatable bonds is 3. The lowest BCUT2D eigenvalue weighted by atomic mass is 9.98. The smallest absolute Gasteiger partial charge is 0.0985 e. The van der Waals surface area contributed by atoms with Crippen LogP contribution in [0.1, 0.15) is 49.3 Å². The van der Waals surface area contributed by atoms with Crippen molar-refractivity contribution < 1.29 is 0 Å². The van der Waals surface area contributed by atoms with Crippen LogP contribution in [0.15, 0.2) is 18.2 Å². The van der Waals surface area contributed by atoms with Crippen molar-refractivity contribution in [3.8, 4) is 0 Å². The Morgan fingerprint density at radius 2 is 1.90 bits per heavy atom. The molecule has 0 fully saturated rings. The zero-order valence-electron chi connectivity index (χ0n) is 12.9. The SMILES string of the molecule is Cc1nc(C(C)(C)C)sc1C(C)Nc1cccc(Cl)c1Cl. The first-order chi connectivity index (χ1) is 9.70. The lowest BCUT2D eigenvalue weighted by Gasteiger charge is -2.16. The predicted molar refractivity (Wildman–Crippen MR) is 94.1 cm³/mol. The Morgan fingerprint density at radius 1 is 1.24 bits per heavy atom. The molecule has 0 bridgehead atoms. The van der Waals surface area contributed by atoms with E-state index in [1.54, 1.807) is 17.4 Å². The van der Waals surface area contributed by atoms with Crippen molar-refractivity contribution in [2.24, 2.45) is 0 Å². The van der Waals surface area contributed by atoms with Crippen molar-refractivity contribution >= 4 is 40.2 Å². The van der Waals surface area contributed by atoms with Crippen LogP contribution in [0.4, 0.5) is 5.69 Å². The number of aromatic nitrogens is 1. The second kappa shape index (κ2) is 6.15. The van der Waals surface area contributed by atoms with Crippen molar-refractivity contribution in [3.63, 3.8) is 0 Å². The van der Waals surface area contributed by atoms with Crippen molar-refractivity contribution in [1.82, 2.24) is 4.98 Å². The molecule has 0 aliphatic heterocycles. The van der Waals surface area contributed by atoms with Gasteiger partial charge in [-0.1, -0.05) is 50.0 Å². The quantitative estimate of drug-likeness (QED) is 0.715. The molecular weight excluding hydrogens is 323 g/mol. The summed E-state index contributed by atoms with van der Waals surface area (Å²) in [4.78, 5) is 5.94. The maximum absolute atomic E-state index is 6.24. The Morgan fingerprint density at radius 3 is 2.48 bits per heavy atom. The molecule has 1 aromatic heterocycles. The Hall–Kier alpha value is -0.770. The van der Waals surface area contributed by atoms with Gasteiger partial charge in [-0.25, -0.2) is 4.98 Å². The van der Waals surface area contributed by atoms with E-state index in [0.29, 0.717) is 10.0 Å². The van der Waals surface area contributed by atoms with Gasteiger partial charge in [-0.3, -0.25) is 0 Å². The minimum absolute atomic E-state index is 0.0705. The van der Waals surface area contributed by atoms with Crippen LogP contribution in [0, 0.1) is 6.92 Å². The average Bonchev–Trinajstić information content (AvgIpc) is 2.77. The first kappa shape index (κ1) is 16.6. The fourth-order valence-corrected chi connectivity index (χ4v) is 3.53. The largest absolute Gasteiger partial charge is 0.376 e.